The molecule has 2 aromatic rings. The molecule has 19 heavy (non-hydrogen) atoms. The molecule has 0 radical (unpaired) electrons. The van der Waals surface area contributed by atoms with E-state index in [1.54, 1.807) is 24.3 Å². The molecule has 1 amide bonds. The van der Waals surface area contributed by atoms with Crippen LogP contribution in [-0.4, -0.2) is 10.9 Å². The monoisotopic (exact) mass is 255 g/mol. The second-order valence-electron chi connectivity index (χ2n) is 4.37. The molecule has 0 fully saturated rings. The van der Waals surface area contributed by atoms with E-state index in [4.69, 9.17) is 10.5 Å². The Morgan fingerprint density at radius 2 is 2.11 bits per heavy atom. The van der Waals surface area contributed by atoms with Crippen LogP contribution in [0.4, 0.5) is 11.5 Å². The topological polar surface area (TPSA) is 77.2 Å². The van der Waals surface area contributed by atoms with Crippen LogP contribution in [0.3, 0.4) is 0 Å². The van der Waals surface area contributed by atoms with Gasteiger partial charge in [0, 0.05) is 18.2 Å². The maximum absolute atomic E-state index is 11.3. The molecule has 0 saturated carbocycles. The third kappa shape index (κ3) is 2.49. The first-order valence-corrected chi connectivity index (χ1v) is 6.04. The molecule has 5 heteroatoms. The number of pyridine rings is 1. The summed E-state index contributed by atoms with van der Waals surface area (Å²) in [5.41, 5.74) is 7.52. The van der Waals surface area contributed by atoms with E-state index in [0.717, 1.165) is 17.7 Å². The number of carbonyl (C=O) groups excluding carboxylic acids is 1. The van der Waals surface area contributed by atoms with Crippen molar-refractivity contribution in [2.75, 3.05) is 11.1 Å². The highest BCUT2D eigenvalue weighted by Gasteiger charge is 2.15. The van der Waals surface area contributed by atoms with Gasteiger partial charge < -0.3 is 15.8 Å². The lowest BCUT2D eigenvalue weighted by molar-refractivity contribution is -0.116. The highest BCUT2D eigenvalue weighted by molar-refractivity contribution is 5.94. The zero-order chi connectivity index (χ0) is 13.2. The zero-order valence-electron chi connectivity index (χ0n) is 10.2. The summed E-state index contributed by atoms with van der Waals surface area (Å²) in [6.45, 7) is 0. The first-order valence-electron chi connectivity index (χ1n) is 6.04. The number of ether oxygens (including phenoxy) is 1. The van der Waals surface area contributed by atoms with Gasteiger partial charge in [0.15, 0.2) is 0 Å². The minimum absolute atomic E-state index is 0.0543. The van der Waals surface area contributed by atoms with Crippen molar-refractivity contribution in [1.29, 1.82) is 0 Å². The summed E-state index contributed by atoms with van der Waals surface area (Å²) >= 11 is 0. The standard InChI is InChI=1S/C14H13N3O2/c15-12-2-1-3-14(17-12)19-10-5-6-11-9(8-10)4-7-13(18)16-11/h1-3,5-6,8H,4,7H2,(H2,15,17)(H,16,18). The minimum Gasteiger partial charge on any atom is -0.439 e. The van der Waals surface area contributed by atoms with Crippen LogP contribution >= 0.6 is 0 Å². The predicted molar refractivity (Wildman–Crippen MR) is 72.1 cm³/mol. The molecule has 0 atom stereocenters. The Labute approximate surface area is 110 Å². The quantitative estimate of drug-likeness (QED) is 0.863. The number of nitrogens with two attached hydrogens (primary N) is 1. The molecule has 3 rings (SSSR count). The molecule has 5 nitrogen and oxygen atoms in total. The Hall–Kier alpha value is -2.56. The van der Waals surface area contributed by atoms with Crippen LogP contribution in [-0.2, 0) is 11.2 Å². The van der Waals surface area contributed by atoms with Gasteiger partial charge in [-0.25, -0.2) is 0 Å². The first kappa shape index (κ1) is 11.5. The number of rotatable bonds is 2. The predicted octanol–water partition coefficient (Wildman–Crippen LogP) is 2.34. The SMILES string of the molecule is Nc1cccc(Oc2ccc3c(c2)CCC(=O)N3)n1. The maximum Gasteiger partial charge on any atom is 0.224 e. The van der Waals surface area contributed by atoms with Gasteiger partial charge in [0.1, 0.15) is 11.6 Å². The van der Waals surface area contributed by atoms with Crippen LogP contribution in [0.2, 0.25) is 0 Å². The van der Waals surface area contributed by atoms with Crippen molar-refractivity contribution in [3.63, 3.8) is 0 Å². The minimum atomic E-state index is 0.0543. The maximum atomic E-state index is 11.3. The molecule has 0 aliphatic carbocycles. The van der Waals surface area contributed by atoms with Crippen molar-refractivity contribution >= 4 is 17.4 Å². The van der Waals surface area contributed by atoms with Crippen LogP contribution in [0.15, 0.2) is 36.4 Å². The molecule has 96 valence electrons. The van der Waals surface area contributed by atoms with E-state index in [-0.39, 0.29) is 5.91 Å². The number of nitrogens with one attached hydrogen (secondary N) is 1. The fourth-order valence-corrected chi connectivity index (χ4v) is 2.03. The summed E-state index contributed by atoms with van der Waals surface area (Å²) in [6.07, 6.45) is 1.23. The highest BCUT2D eigenvalue weighted by atomic mass is 16.5. The normalized spacial score (nSPS) is 13.6. The molecule has 1 aliphatic rings. The van der Waals surface area contributed by atoms with E-state index < -0.39 is 0 Å². The lowest BCUT2D eigenvalue weighted by Gasteiger charge is -2.17. The number of fused-ring (bicyclic) bond motifs is 1. The number of nitrogens with zero attached hydrogens (tertiary/aromatic N) is 1. The first-order chi connectivity index (χ1) is 9.20. The second-order valence-corrected chi connectivity index (χ2v) is 4.37. The van der Waals surface area contributed by atoms with Gasteiger partial charge in [0.25, 0.3) is 0 Å². The number of aromatic nitrogens is 1. The molecular weight excluding hydrogens is 242 g/mol. The third-order valence-electron chi connectivity index (χ3n) is 2.94. The van der Waals surface area contributed by atoms with Gasteiger partial charge in [0.2, 0.25) is 11.8 Å². The number of carbonyl (C=O) groups is 1. The summed E-state index contributed by atoms with van der Waals surface area (Å²) in [5, 5.41) is 2.83. The molecule has 1 aliphatic heterocycles. The van der Waals surface area contributed by atoms with Gasteiger partial charge in [0.05, 0.1) is 0 Å². The number of hydrogen-bond donors (Lipinski definition) is 2. The highest BCUT2D eigenvalue weighted by Crippen LogP contribution is 2.29. The Balaban J connectivity index is 1.85. The lowest BCUT2D eigenvalue weighted by atomic mass is 10.0. The summed E-state index contributed by atoms with van der Waals surface area (Å²) in [5.74, 6) is 1.62. The van der Waals surface area contributed by atoms with Crippen molar-refractivity contribution in [3.8, 4) is 11.6 Å². The van der Waals surface area contributed by atoms with Crippen molar-refractivity contribution in [2.24, 2.45) is 0 Å². The summed E-state index contributed by atoms with van der Waals surface area (Å²) in [4.78, 5) is 15.4. The van der Waals surface area contributed by atoms with E-state index >= 15 is 0 Å². The molecular formula is C14H13N3O2. The third-order valence-corrected chi connectivity index (χ3v) is 2.94. The van der Waals surface area contributed by atoms with E-state index in [2.05, 4.69) is 10.3 Å². The number of benzene rings is 1. The van der Waals surface area contributed by atoms with Crippen LogP contribution in [0.25, 0.3) is 0 Å². The molecule has 0 bridgehead atoms. The van der Waals surface area contributed by atoms with Crippen LogP contribution < -0.4 is 15.8 Å². The summed E-state index contributed by atoms with van der Waals surface area (Å²) in [7, 11) is 0. The van der Waals surface area contributed by atoms with Crippen LogP contribution in [0.1, 0.15) is 12.0 Å². The number of anilines is 2. The van der Waals surface area contributed by atoms with Gasteiger partial charge in [-0.3, -0.25) is 4.79 Å². The number of hydrogen-bond acceptors (Lipinski definition) is 4. The Morgan fingerprint density at radius 3 is 2.95 bits per heavy atom. The fourth-order valence-electron chi connectivity index (χ4n) is 2.03. The van der Waals surface area contributed by atoms with Gasteiger partial charge >= 0.3 is 0 Å². The van der Waals surface area contributed by atoms with Crippen molar-refractivity contribution in [2.45, 2.75) is 12.8 Å². The smallest absolute Gasteiger partial charge is 0.224 e. The lowest BCUT2D eigenvalue weighted by Crippen LogP contribution is -2.18. The molecule has 3 N–H and O–H groups in total. The summed E-state index contributed by atoms with van der Waals surface area (Å²) in [6, 6.07) is 10.8. The number of aryl methyl sites for hydroxylation is 1. The number of amides is 1. The van der Waals surface area contributed by atoms with Crippen molar-refractivity contribution in [1.82, 2.24) is 4.98 Å². The average Bonchev–Trinajstić information content (AvgIpc) is 2.39. The van der Waals surface area contributed by atoms with E-state index in [1.165, 1.54) is 0 Å². The fraction of sp³-hybridized carbons (Fsp3) is 0.143. The number of nitrogen functional groups attached to an aromatic ring is 1. The molecule has 2 heterocycles. The second kappa shape index (κ2) is 4.61. The van der Waals surface area contributed by atoms with Crippen molar-refractivity contribution in [3.05, 3.63) is 42.0 Å². The Kier molecular flexibility index (Phi) is 2.79. The average molecular weight is 255 g/mol. The zero-order valence-corrected chi connectivity index (χ0v) is 10.2. The molecule has 0 spiro atoms. The van der Waals surface area contributed by atoms with Crippen LogP contribution in [0.5, 0.6) is 11.6 Å². The molecule has 0 unspecified atom stereocenters. The van der Waals surface area contributed by atoms with Gasteiger partial charge in [-0.05, 0) is 36.2 Å². The van der Waals surface area contributed by atoms with Gasteiger partial charge in [-0.2, -0.15) is 4.98 Å². The van der Waals surface area contributed by atoms with E-state index in [9.17, 15) is 4.79 Å². The Bertz CT molecular complexity index is 640. The van der Waals surface area contributed by atoms with E-state index in [0.29, 0.717) is 23.9 Å². The molecule has 0 saturated heterocycles. The molecule has 1 aromatic carbocycles. The van der Waals surface area contributed by atoms with Crippen molar-refractivity contribution < 1.29 is 9.53 Å². The van der Waals surface area contributed by atoms with Gasteiger partial charge in [-0.15, -0.1) is 0 Å². The summed E-state index contributed by atoms with van der Waals surface area (Å²) < 4.78 is 5.65. The van der Waals surface area contributed by atoms with Gasteiger partial charge in [-0.1, -0.05) is 6.07 Å². The Morgan fingerprint density at radius 1 is 1.21 bits per heavy atom. The van der Waals surface area contributed by atoms with Crippen LogP contribution in [0, 0.1) is 0 Å². The molecule has 1 aromatic heterocycles. The largest absolute Gasteiger partial charge is 0.439 e. The van der Waals surface area contributed by atoms with E-state index in [1.807, 2.05) is 12.1 Å².